The number of carbonyl (C=O) groups excluding carboxylic acids is 1. The van der Waals surface area contributed by atoms with E-state index in [1.807, 2.05) is 6.92 Å². The van der Waals surface area contributed by atoms with Crippen LogP contribution in [-0.2, 0) is 14.8 Å². The molecule has 10 heteroatoms. The minimum absolute atomic E-state index is 0.0109. The molecule has 0 aliphatic heterocycles. The summed E-state index contributed by atoms with van der Waals surface area (Å²) >= 11 is 5.90. The number of benzene rings is 3. The van der Waals surface area contributed by atoms with E-state index in [2.05, 4.69) is 10.5 Å². The lowest BCUT2D eigenvalue weighted by atomic mass is 10.2. The molecule has 0 bridgehead atoms. The summed E-state index contributed by atoms with van der Waals surface area (Å²) in [6, 6.07) is 17.7. The molecule has 0 saturated heterocycles. The molecule has 8 nitrogen and oxygen atoms in total. The number of hydrogen-bond acceptors (Lipinski definition) is 6. The van der Waals surface area contributed by atoms with Gasteiger partial charge in [0.1, 0.15) is 18.0 Å². The van der Waals surface area contributed by atoms with E-state index in [-0.39, 0.29) is 4.90 Å². The van der Waals surface area contributed by atoms with Crippen LogP contribution in [0.2, 0.25) is 5.02 Å². The van der Waals surface area contributed by atoms with Crippen molar-refractivity contribution in [3.8, 4) is 11.5 Å². The molecule has 0 unspecified atom stereocenters. The number of rotatable bonds is 9. The molecule has 0 fully saturated rings. The maximum Gasteiger partial charge on any atom is 0.264 e. The van der Waals surface area contributed by atoms with Gasteiger partial charge in [-0.1, -0.05) is 29.3 Å². The monoisotopic (exact) mass is 501 g/mol. The highest BCUT2D eigenvalue weighted by Gasteiger charge is 2.27. The van der Waals surface area contributed by atoms with Gasteiger partial charge in [0.2, 0.25) is 0 Å². The van der Waals surface area contributed by atoms with Crippen molar-refractivity contribution in [2.24, 2.45) is 5.10 Å². The fourth-order valence-electron chi connectivity index (χ4n) is 3.02. The number of ether oxygens (including phenoxy) is 2. The second-order valence-electron chi connectivity index (χ2n) is 7.20. The fraction of sp³-hybridized carbons (Fsp3) is 0.167. The molecule has 0 aromatic heterocycles. The minimum atomic E-state index is -4.05. The highest BCUT2D eigenvalue weighted by molar-refractivity contribution is 7.92. The van der Waals surface area contributed by atoms with Crippen LogP contribution in [0.25, 0.3) is 0 Å². The molecule has 0 atom stereocenters. The van der Waals surface area contributed by atoms with Gasteiger partial charge in [-0.3, -0.25) is 9.10 Å². The van der Waals surface area contributed by atoms with E-state index < -0.39 is 22.5 Å². The van der Waals surface area contributed by atoms with Crippen LogP contribution in [0, 0.1) is 6.92 Å². The second kappa shape index (κ2) is 11.0. The van der Waals surface area contributed by atoms with Crippen molar-refractivity contribution in [3.05, 3.63) is 82.9 Å². The van der Waals surface area contributed by atoms with Gasteiger partial charge in [-0.15, -0.1) is 0 Å². The Kier molecular flexibility index (Phi) is 8.14. The molecule has 0 aliphatic carbocycles. The van der Waals surface area contributed by atoms with E-state index in [9.17, 15) is 13.2 Å². The SMILES string of the molecule is COc1ccc(/C=N\NC(=O)CN(c2ccc(C)cc2)S(=O)(=O)c2ccc(Cl)cc2)c(OC)c1. The number of hydrogen-bond donors (Lipinski definition) is 1. The van der Waals surface area contributed by atoms with Crippen molar-refractivity contribution >= 4 is 39.4 Å². The summed E-state index contributed by atoms with van der Waals surface area (Å²) in [5.41, 5.74) is 4.27. The van der Waals surface area contributed by atoms with E-state index >= 15 is 0 Å². The standard InChI is InChI=1S/C24H24ClN3O5S/c1-17-4-9-20(10-5-17)28(34(30,31)22-12-7-19(25)8-13-22)16-24(29)27-26-15-18-6-11-21(32-2)14-23(18)33-3/h4-15H,16H2,1-3H3,(H,27,29)/b26-15-. The predicted molar refractivity (Wildman–Crippen MR) is 132 cm³/mol. The summed E-state index contributed by atoms with van der Waals surface area (Å²) in [6.07, 6.45) is 1.40. The van der Waals surface area contributed by atoms with E-state index in [1.165, 1.54) is 37.6 Å². The molecular weight excluding hydrogens is 478 g/mol. The lowest BCUT2D eigenvalue weighted by molar-refractivity contribution is -0.119. The topological polar surface area (TPSA) is 97.3 Å². The molecule has 0 heterocycles. The zero-order valence-electron chi connectivity index (χ0n) is 18.9. The van der Waals surface area contributed by atoms with Crippen LogP contribution in [-0.4, -0.2) is 41.3 Å². The number of anilines is 1. The Labute approximate surface area is 203 Å². The molecule has 1 N–H and O–H groups in total. The molecule has 0 aliphatic rings. The van der Waals surface area contributed by atoms with Crippen molar-refractivity contribution in [3.63, 3.8) is 0 Å². The molecule has 0 radical (unpaired) electrons. The summed E-state index contributed by atoms with van der Waals surface area (Å²) in [5, 5.41) is 4.35. The number of nitrogens with one attached hydrogen (secondary N) is 1. The quantitative estimate of drug-likeness (QED) is 0.353. The average Bonchev–Trinajstić information content (AvgIpc) is 2.83. The van der Waals surface area contributed by atoms with Gasteiger partial charge >= 0.3 is 0 Å². The number of nitrogens with zero attached hydrogens (tertiary/aromatic N) is 2. The van der Waals surface area contributed by atoms with E-state index in [0.29, 0.717) is 27.8 Å². The van der Waals surface area contributed by atoms with Crippen LogP contribution in [0.15, 0.2) is 76.7 Å². The Morgan fingerprint density at radius 2 is 1.71 bits per heavy atom. The van der Waals surface area contributed by atoms with Crippen molar-refractivity contribution in [2.45, 2.75) is 11.8 Å². The Bertz CT molecular complexity index is 1280. The first-order valence-electron chi connectivity index (χ1n) is 10.1. The van der Waals surface area contributed by atoms with Crippen molar-refractivity contribution < 1.29 is 22.7 Å². The first-order chi connectivity index (χ1) is 16.2. The first kappa shape index (κ1) is 25.1. The van der Waals surface area contributed by atoms with Gasteiger partial charge in [0.25, 0.3) is 15.9 Å². The molecule has 178 valence electrons. The van der Waals surface area contributed by atoms with Crippen LogP contribution in [0.4, 0.5) is 5.69 Å². The van der Waals surface area contributed by atoms with E-state index in [1.54, 1.807) is 49.6 Å². The molecular formula is C24H24ClN3O5S. The minimum Gasteiger partial charge on any atom is -0.497 e. The number of halogens is 1. The smallest absolute Gasteiger partial charge is 0.264 e. The first-order valence-corrected chi connectivity index (χ1v) is 12.0. The Hall–Kier alpha value is -3.56. The highest BCUT2D eigenvalue weighted by Crippen LogP contribution is 2.25. The molecule has 3 aromatic carbocycles. The van der Waals surface area contributed by atoms with Gasteiger partial charge in [0, 0.05) is 16.7 Å². The lowest BCUT2D eigenvalue weighted by Gasteiger charge is -2.23. The van der Waals surface area contributed by atoms with Gasteiger partial charge in [-0.25, -0.2) is 13.8 Å². The average molecular weight is 502 g/mol. The van der Waals surface area contributed by atoms with Crippen molar-refractivity contribution in [1.82, 2.24) is 5.43 Å². The van der Waals surface area contributed by atoms with E-state index in [0.717, 1.165) is 9.87 Å². The highest BCUT2D eigenvalue weighted by atomic mass is 35.5. The van der Waals surface area contributed by atoms with E-state index in [4.69, 9.17) is 21.1 Å². The summed E-state index contributed by atoms with van der Waals surface area (Å²) in [5.74, 6) is 0.491. The number of methoxy groups -OCH3 is 2. The molecule has 34 heavy (non-hydrogen) atoms. The maximum absolute atomic E-state index is 13.3. The van der Waals surface area contributed by atoms with Crippen molar-refractivity contribution in [1.29, 1.82) is 0 Å². The fourth-order valence-corrected chi connectivity index (χ4v) is 4.57. The van der Waals surface area contributed by atoms with Crippen LogP contribution in [0.3, 0.4) is 0 Å². The third kappa shape index (κ3) is 6.06. The number of carbonyl (C=O) groups is 1. The summed E-state index contributed by atoms with van der Waals surface area (Å²) in [6.45, 7) is 1.40. The largest absolute Gasteiger partial charge is 0.497 e. The van der Waals surface area contributed by atoms with Crippen LogP contribution >= 0.6 is 11.6 Å². The summed E-state index contributed by atoms with van der Waals surface area (Å²) < 4.78 is 38.2. The zero-order chi connectivity index (χ0) is 24.7. The second-order valence-corrected chi connectivity index (χ2v) is 9.50. The van der Waals surface area contributed by atoms with Crippen LogP contribution < -0.4 is 19.2 Å². The maximum atomic E-state index is 13.3. The predicted octanol–water partition coefficient (Wildman–Crippen LogP) is 4.01. The molecule has 3 aromatic rings. The van der Waals surface area contributed by atoms with Gasteiger partial charge in [-0.05, 0) is 55.5 Å². The molecule has 0 spiro atoms. The van der Waals surface area contributed by atoms with Crippen molar-refractivity contribution in [2.75, 3.05) is 25.1 Å². The summed E-state index contributed by atoms with van der Waals surface area (Å²) in [4.78, 5) is 12.7. The Balaban J connectivity index is 1.82. The number of amides is 1. The Morgan fingerprint density at radius 3 is 2.32 bits per heavy atom. The van der Waals surface area contributed by atoms with Gasteiger partial charge in [0.15, 0.2) is 0 Å². The number of hydrazone groups is 1. The number of sulfonamides is 1. The molecule has 0 saturated carbocycles. The lowest BCUT2D eigenvalue weighted by Crippen LogP contribution is -2.39. The molecule has 3 rings (SSSR count). The Morgan fingerprint density at radius 1 is 1.03 bits per heavy atom. The summed E-state index contributed by atoms with van der Waals surface area (Å²) in [7, 11) is -0.998. The third-order valence-electron chi connectivity index (χ3n) is 4.84. The third-order valence-corrected chi connectivity index (χ3v) is 6.88. The zero-order valence-corrected chi connectivity index (χ0v) is 20.4. The normalized spacial score (nSPS) is 11.3. The van der Waals surface area contributed by atoms with Gasteiger partial charge < -0.3 is 9.47 Å². The van der Waals surface area contributed by atoms with Gasteiger partial charge in [-0.2, -0.15) is 5.10 Å². The number of aryl methyl sites for hydroxylation is 1. The van der Waals surface area contributed by atoms with Gasteiger partial charge in [0.05, 0.1) is 31.0 Å². The van der Waals surface area contributed by atoms with Crippen LogP contribution in [0.1, 0.15) is 11.1 Å². The molecule has 1 amide bonds. The van der Waals surface area contributed by atoms with Crippen LogP contribution in [0.5, 0.6) is 11.5 Å².